The topological polar surface area (TPSA) is 95.6 Å². The molecule has 9 heteroatoms. The predicted octanol–water partition coefficient (Wildman–Crippen LogP) is 2.03. The van der Waals surface area contributed by atoms with Crippen molar-refractivity contribution < 1.29 is 22.4 Å². The summed E-state index contributed by atoms with van der Waals surface area (Å²) >= 11 is 0. The molecule has 1 saturated heterocycles. The molecule has 0 aliphatic carbocycles. The third-order valence-electron chi connectivity index (χ3n) is 5.36. The van der Waals surface area contributed by atoms with E-state index < -0.39 is 33.7 Å². The molecule has 1 heterocycles. The van der Waals surface area contributed by atoms with Crippen LogP contribution >= 0.6 is 0 Å². The van der Waals surface area contributed by atoms with Crippen molar-refractivity contribution in [2.75, 3.05) is 13.1 Å². The molecule has 0 spiro atoms. The Labute approximate surface area is 181 Å². The van der Waals surface area contributed by atoms with Crippen LogP contribution in [0.25, 0.3) is 0 Å². The van der Waals surface area contributed by atoms with E-state index in [1.165, 1.54) is 22.5 Å². The summed E-state index contributed by atoms with van der Waals surface area (Å²) in [6.45, 7) is 3.85. The Hall–Kier alpha value is -2.78. The summed E-state index contributed by atoms with van der Waals surface area (Å²) < 4.78 is 41.4. The molecule has 2 amide bonds. The number of benzene rings is 2. The second-order valence-electron chi connectivity index (χ2n) is 7.66. The minimum absolute atomic E-state index is 0.0239. The average Bonchev–Trinajstić information content (AvgIpc) is 3.22. The lowest BCUT2D eigenvalue weighted by molar-refractivity contribution is -0.139. The highest BCUT2D eigenvalue weighted by Gasteiger charge is 2.36. The fourth-order valence-electron chi connectivity index (χ4n) is 3.63. The van der Waals surface area contributed by atoms with Crippen molar-refractivity contribution in [3.8, 4) is 0 Å². The van der Waals surface area contributed by atoms with Gasteiger partial charge in [0.1, 0.15) is 5.82 Å². The van der Waals surface area contributed by atoms with Crippen molar-refractivity contribution in [2.24, 2.45) is 0 Å². The summed E-state index contributed by atoms with van der Waals surface area (Å²) in [4.78, 5) is 24.4. The van der Waals surface area contributed by atoms with Crippen LogP contribution in [0.15, 0.2) is 47.4 Å². The third kappa shape index (κ3) is 5.29. The Morgan fingerprint density at radius 1 is 1.10 bits per heavy atom. The van der Waals surface area contributed by atoms with Crippen LogP contribution in [0.2, 0.25) is 0 Å². The number of amides is 2. The molecule has 0 unspecified atom stereocenters. The Balaban J connectivity index is 1.60. The zero-order chi connectivity index (χ0) is 22.6. The average molecular weight is 448 g/mol. The van der Waals surface area contributed by atoms with Crippen LogP contribution < -0.4 is 10.6 Å². The molecule has 0 saturated carbocycles. The first kappa shape index (κ1) is 22.9. The highest BCUT2D eigenvalue weighted by molar-refractivity contribution is 7.89. The number of rotatable bonds is 6. The molecule has 1 fully saturated rings. The smallest absolute Gasteiger partial charge is 0.309 e. The van der Waals surface area contributed by atoms with Crippen LogP contribution in [-0.4, -0.2) is 43.7 Å². The highest BCUT2D eigenvalue weighted by Crippen LogP contribution is 2.28. The first-order valence-corrected chi connectivity index (χ1v) is 11.5. The molecule has 166 valence electrons. The van der Waals surface area contributed by atoms with E-state index in [2.05, 4.69) is 10.6 Å². The van der Waals surface area contributed by atoms with Gasteiger partial charge in [-0.25, -0.2) is 12.8 Å². The summed E-state index contributed by atoms with van der Waals surface area (Å²) in [6, 6.07) is 10.8. The summed E-state index contributed by atoms with van der Waals surface area (Å²) in [5, 5.41) is 4.88. The molecular weight excluding hydrogens is 421 g/mol. The van der Waals surface area contributed by atoms with Gasteiger partial charge in [0, 0.05) is 31.2 Å². The van der Waals surface area contributed by atoms with Gasteiger partial charge >= 0.3 is 11.8 Å². The number of carbonyl (C=O) groups is 2. The molecule has 0 bridgehead atoms. The Kier molecular flexibility index (Phi) is 7.07. The van der Waals surface area contributed by atoms with E-state index in [9.17, 15) is 22.4 Å². The van der Waals surface area contributed by atoms with Crippen molar-refractivity contribution in [2.45, 2.75) is 44.2 Å². The molecule has 7 nitrogen and oxygen atoms in total. The van der Waals surface area contributed by atoms with Crippen molar-refractivity contribution in [3.05, 3.63) is 65.0 Å². The lowest BCUT2D eigenvalue weighted by Gasteiger charge is -2.25. The lowest BCUT2D eigenvalue weighted by atomic mass is 10.2. The van der Waals surface area contributed by atoms with E-state index in [-0.39, 0.29) is 23.5 Å². The zero-order valence-electron chi connectivity index (χ0n) is 17.5. The van der Waals surface area contributed by atoms with E-state index >= 15 is 0 Å². The standard InChI is InChI=1S/C22H26FN3O4S/c1-15-9-10-16(2)20(12-15)31(29,30)26-11-5-7-18(26)14-25-22(28)21(27)24-13-17-6-3-4-8-19(17)23/h3-4,6,8-10,12,18H,5,7,11,13-14H2,1-2H3,(H,24,27)(H,25,28)/t18-/m0/s1. The first-order valence-electron chi connectivity index (χ1n) is 10.1. The minimum Gasteiger partial charge on any atom is -0.346 e. The van der Waals surface area contributed by atoms with E-state index in [1.54, 1.807) is 25.1 Å². The molecule has 0 radical (unpaired) electrons. The minimum atomic E-state index is -3.72. The predicted molar refractivity (Wildman–Crippen MR) is 114 cm³/mol. The number of aryl methyl sites for hydroxylation is 2. The molecule has 2 aromatic rings. The van der Waals surface area contributed by atoms with Crippen molar-refractivity contribution in [3.63, 3.8) is 0 Å². The quantitative estimate of drug-likeness (QED) is 0.663. The van der Waals surface area contributed by atoms with Crippen LogP contribution in [0.1, 0.15) is 29.5 Å². The van der Waals surface area contributed by atoms with Crippen molar-refractivity contribution in [1.82, 2.24) is 14.9 Å². The van der Waals surface area contributed by atoms with Gasteiger partial charge in [0.05, 0.1) is 4.90 Å². The fraction of sp³-hybridized carbons (Fsp3) is 0.364. The third-order valence-corrected chi connectivity index (χ3v) is 7.45. The van der Waals surface area contributed by atoms with Crippen LogP contribution in [0.4, 0.5) is 4.39 Å². The number of nitrogens with zero attached hydrogens (tertiary/aromatic N) is 1. The van der Waals surface area contributed by atoms with E-state index in [0.29, 0.717) is 24.9 Å². The van der Waals surface area contributed by atoms with Gasteiger partial charge < -0.3 is 10.6 Å². The SMILES string of the molecule is Cc1ccc(C)c(S(=O)(=O)N2CCC[C@H]2CNC(=O)C(=O)NCc2ccccc2F)c1. The van der Waals surface area contributed by atoms with Crippen LogP contribution in [0, 0.1) is 19.7 Å². The van der Waals surface area contributed by atoms with Crippen LogP contribution in [0.5, 0.6) is 0 Å². The molecule has 3 rings (SSSR count). The number of nitrogens with one attached hydrogen (secondary N) is 2. The maximum absolute atomic E-state index is 13.6. The molecule has 2 aromatic carbocycles. The largest absolute Gasteiger partial charge is 0.346 e. The fourth-order valence-corrected chi connectivity index (χ4v) is 5.63. The molecule has 2 N–H and O–H groups in total. The lowest BCUT2D eigenvalue weighted by Crippen LogP contribution is -2.47. The zero-order valence-corrected chi connectivity index (χ0v) is 18.3. The van der Waals surface area contributed by atoms with Gasteiger partial charge in [-0.1, -0.05) is 30.3 Å². The molecule has 1 aliphatic heterocycles. The van der Waals surface area contributed by atoms with Gasteiger partial charge in [-0.2, -0.15) is 4.31 Å². The Bertz CT molecular complexity index is 1090. The second kappa shape index (κ2) is 9.57. The molecule has 1 aliphatic rings. The van der Waals surface area contributed by atoms with E-state index in [1.807, 2.05) is 13.0 Å². The van der Waals surface area contributed by atoms with Crippen molar-refractivity contribution in [1.29, 1.82) is 0 Å². The van der Waals surface area contributed by atoms with Gasteiger partial charge in [0.15, 0.2) is 0 Å². The highest BCUT2D eigenvalue weighted by atomic mass is 32.2. The number of sulfonamides is 1. The molecule has 1 atom stereocenters. The number of carbonyl (C=O) groups excluding carboxylic acids is 2. The maximum Gasteiger partial charge on any atom is 0.309 e. The van der Waals surface area contributed by atoms with Gasteiger partial charge in [-0.15, -0.1) is 0 Å². The first-order chi connectivity index (χ1) is 14.7. The van der Waals surface area contributed by atoms with E-state index in [4.69, 9.17) is 0 Å². The second-order valence-corrected chi connectivity index (χ2v) is 9.52. The van der Waals surface area contributed by atoms with Crippen LogP contribution in [0.3, 0.4) is 0 Å². The Morgan fingerprint density at radius 2 is 1.81 bits per heavy atom. The van der Waals surface area contributed by atoms with Gasteiger partial charge in [-0.05, 0) is 49.9 Å². The normalized spacial score (nSPS) is 16.8. The van der Waals surface area contributed by atoms with Crippen molar-refractivity contribution >= 4 is 21.8 Å². The van der Waals surface area contributed by atoms with E-state index in [0.717, 1.165) is 5.56 Å². The summed E-state index contributed by atoms with van der Waals surface area (Å²) in [6.07, 6.45) is 1.26. The Morgan fingerprint density at radius 3 is 2.55 bits per heavy atom. The summed E-state index contributed by atoms with van der Waals surface area (Å²) in [7, 11) is -3.72. The van der Waals surface area contributed by atoms with Gasteiger partial charge in [0.25, 0.3) is 0 Å². The van der Waals surface area contributed by atoms with Crippen LogP contribution in [-0.2, 0) is 26.2 Å². The molecule has 0 aromatic heterocycles. The number of hydrogen-bond acceptors (Lipinski definition) is 4. The van der Waals surface area contributed by atoms with Gasteiger partial charge in [-0.3, -0.25) is 9.59 Å². The summed E-state index contributed by atoms with van der Waals surface area (Å²) in [5.74, 6) is -2.25. The van der Waals surface area contributed by atoms with Gasteiger partial charge in [0.2, 0.25) is 10.0 Å². The maximum atomic E-state index is 13.6. The summed E-state index contributed by atoms with van der Waals surface area (Å²) in [5.41, 5.74) is 1.78. The monoisotopic (exact) mass is 447 g/mol. The number of hydrogen-bond donors (Lipinski definition) is 2. The molecule has 31 heavy (non-hydrogen) atoms. The molecular formula is C22H26FN3O4S. The number of halogens is 1.